The van der Waals surface area contributed by atoms with Gasteiger partial charge in [-0.05, 0) is 37.4 Å². The Balaban J connectivity index is 2.74. The number of fused-ring (bicyclic) bond motifs is 1. The van der Waals surface area contributed by atoms with Gasteiger partial charge in [-0.15, -0.1) is 0 Å². The number of nitrogens with two attached hydrogens (primary N) is 1. The van der Waals surface area contributed by atoms with E-state index in [-0.39, 0.29) is 6.04 Å². The maximum atomic E-state index is 5.96. The highest BCUT2D eigenvalue weighted by atomic mass is 79.9. The van der Waals surface area contributed by atoms with Gasteiger partial charge >= 0.3 is 0 Å². The molecule has 0 amide bonds. The molecule has 0 saturated carbocycles. The van der Waals surface area contributed by atoms with E-state index in [9.17, 15) is 0 Å². The second-order valence-electron chi connectivity index (χ2n) is 3.81. The van der Waals surface area contributed by atoms with Gasteiger partial charge < -0.3 is 10.3 Å². The summed E-state index contributed by atoms with van der Waals surface area (Å²) in [5.41, 5.74) is 8.41. The quantitative estimate of drug-likeness (QED) is 0.887. The Hall–Kier alpha value is -0.800. The fourth-order valence-corrected chi connectivity index (χ4v) is 2.33. The van der Waals surface area contributed by atoms with Gasteiger partial charge in [0, 0.05) is 28.3 Å². The monoisotopic (exact) mass is 266 g/mol. The molecule has 0 bridgehead atoms. The molecule has 0 fully saturated rings. The van der Waals surface area contributed by atoms with E-state index in [0.717, 1.165) is 11.0 Å². The number of nitrogens with zero attached hydrogens (tertiary/aromatic N) is 1. The number of benzene rings is 1. The molecule has 3 heteroatoms. The first-order valence-corrected chi connectivity index (χ1v) is 5.97. The molecule has 2 nitrogen and oxygen atoms in total. The Kier molecular flexibility index (Phi) is 2.85. The lowest BCUT2D eigenvalue weighted by Gasteiger charge is -2.10. The number of halogens is 1. The summed E-state index contributed by atoms with van der Waals surface area (Å²) >= 11 is 3.50. The van der Waals surface area contributed by atoms with Crippen molar-refractivity contribution in [3.05, 3.63) is 34.4 Å². The summed E-state index contributed by atoms with van der Waals surface area (Å²) in [6.45, 7) is 5.12. The summed E-state index contributed by atoms with van der Waals surface area (Å²) in [4.78, 5) is 0. The minimum Gasteiger partial charge on any atom is -0.343 e. The summed E-state index contributed by atoms with van der Waals surface area (Å²) in [6, 6.07) is 8.59. The van der Waals surface area contributed by atoms with Gasteiger partial charge in [-0.25, -0.2) is 0 Å². The van der Waals surface area contributed by atoms with Crippen LogP contribution in [-0.2, 0) is 6.54 Å². The number of hydrogen-bond donors (Lipinski definition) is 1. The first kappa shape index (κ1) is 10.7. The van der Waals surface area contributed by atoms with Crippen LogP contribution in [0.3, 0.4) is 0 Å². The van der Waals surface area contributed by atoms with Crippen molar-refractivity contribution in [2.75, 3.05) is 0 Å². The first-order chi connectivity index (χ1) is 7.13. The summed E-state index contributed by atoms with van der Waals surface area (Å²) in [5, 5.41) is 1.26. The second-order valence-corrected chi connectivity index (χ2v) is 4.72. The van der Waals surface area contributed by atoms with Gasteiger partial charge in [0.05, 0.1) is 0 Å². The molecule has 1 atom stereocenters. The van der Waals surface area contributed by atoms with E-state index >= 15 is 0 Å². The Labute approximate surface area is 98.2 Å². The van der Waals surface area contributed by atoms with Gasteiger partial charge in [0.25, 0.3) is 0 Å². The predicted molar refractivity (Wildman–Crippen MR) is 67.9 cm³/mol. The molecule has 2 N–H and O–H groups in total. The average molecular weight is 267 g/mol. The van der Waals surface area contributed by atoms with Crippen LogP contribution < -0.4 is 5.73 Å². The van der Waals surface area contributed by atoms with Gasteiger partial charge in [-0.3, -0.25) is 0 Å². The highest BCUT2D eigenvalue weighted by Gasteiger charge is 2.10. The highest BCUT2D eigenvalue weighted by Crippen LogP contribution is 2.26. The summed E-state index contributed by atoms with van der Waals surface area (Å²) < 4.78 is 3.38. The summed E-state index contributed by atoms with van der Waals surface area (Å²) in [6.07, 6.45) is 0. The lowest BCUT2D eigenvalue weighted by molar-refractivity contribution is 0.674. The minimum absolute atomic E-state index is 0.0797. The van der Waals surface area contributed by atoms with E-state index in [2.05, 4.69) is 51.7 Å². The van der Waals surface area contributed by atoms with E-state index in [4.69, 9.17) is 5.73 Å². The number of aromatic nitrogens is 1. The second kappa shape index (κ2) is 3.99. The topological polar surface area (TPSA) is 30.9 Å². The largest absolute Gasteiger partial charge is 0.343 e. The molecule has 2 aromatic rings. The maximum Gasteiger partial charge on any atom is 0.0494 e. The lowest BCUT2D eigenvalue weighted by atomic mass is 10.2. The van der Waals surface area contributed by atoms with E-state index in [1.807, 2.05) is 6.92 Å². The van der Waals surface area contributed by atoms with Crippen LogP contribution in [0.25, 0.3) is 10.9 Å². The van der Waals surface area contributed by atoms with Crippen LogP contribution in [0.4, 0.5) is 0 Å². The zero-order valence-electron chi connectivity index (χ0n) is 9.00. The summed E-state index contributed by atoms with van der Waals surface area (Å²) in [5.74, 6) is 0. The van der Waals surface area contributed by atoms with Gasteiger partial charge in [-0.1, -0.05) is 22.0 Å². The normalized spacial score (nSPS) is 13.3. The lowest BCUT2D eigenvalue weighted by Crippen LogP contribution is -2.11. The number of hydrogen-bond acceptors (Lipinski definition) is 1. The Bertz CT molecular complexity index is 486. The summed E-state index contributed by atoms with van der Waals surface area (Å²) in [7, 11) is 0. The molecular weight excluding hydrogens is 252 g/mol. The molecule has 15 heavy (non-hydrogen) atoms. The van der Waals surface area contributed by atoms with Crippen LogP contribution in [0.15, 0.2) is 28.7 Å². The third-order valence-corrected chi connectivity index (χ3v) is 3.17. The molecule has 80 valence electrons. The third kappa shape index (κ3) is 1.82. The van der Waals surface area contributed by atoms with Crippen molar-refractivity contribution >= 4 is 26.8 Å². The Morgan fingerprint density at radius 2 is 2.13 bits per heavy atom. The fraction of sp³-hybridized carbons (Fsp3) is 0.333. The molecule has 0 aliphatic rings. The molecule has 0 saturated heterocycles. The molecule has 1 aromatic carbocycles. The third-order valence-electron chi connectivity index (χ3n) is 2.68. The number of aryl methyl sites for hydroxylation is 1. The van der Waals surface area contributed by atoms with Crippen LogP contribution in [0.1, 0.15) is 25.6 Å². The van der Waals surface area contributed by atoms with Crippen LogP contribution in [-0.4, -0.2) is 4.57 Å². The van der Waals surface area contributed by atoms with Gasteiger partial charge in [0.1, 0.15) is 0 Å². The van der Waals surface area contributed by atoms with Crippen molar-refractivity contribution in [1.82, 2.24) is 4.57 Å². The van der Waals surface area contributed by atoms with Gasteiger partial charge in [0.2, 0.25) is 0 Å². The molecule has 0 aliphatic heterocycles. The molecule has 1 heterocycles. The standard InChI is InChI=1S/C12H15BrN2/c1-3-15-11(8(2)14)6-9-4-5-10(13)7-12(9)15/h4-8H,3,14H2,1-2H3. The minimum atomic E-state index is 0.0797. The maximum absolute atomic E-state index is 5.96. The van der Waals surface area contributed by atoms with E-state index < -0.39 is 0 Å². The van der Waals surface area contributed by atoms with Crippen molar-refractivity contribution in [2.24, 2.45) is 5.73 Å². The van der Waals surface area contributed by atoms with Crippen LogP contribution in [0.2, 0.25) is 0 Å². The smallest absolute Gasteiger partial charge is 0.0494 e. The fourth-order valence-electron chi connectivity index (χ4n) is 1.98. The van der Waals surface area contributed by atoms with Crippen molar-refractivity contribution in [3.8, 4) is 0 Å². The van der Waals surface area contributed by atoms with E-state index in [0.29, 0.717) is 0 Å². The molecule has 0 radical (unpaired) electrons. The van der Waals surface area contributed by atoms with Crippen LogP contribution in [0, 0.1) is 0 Å². The van der Waals surface area contributed by atoms with Crippen molar-refractivity contribution in [2.45, 2.75) is 26.4 Å². The van der Waals surface area contributed by atoms with Crippen molar-refractivity contribution in [3.63, 3.8) is 0 Å². The molecule has 1 aromatic heterocycles. The molecule has 0 spiro atoms. The SMILES string of the molecule is CCn1c(C(C)N)cc2ccc(Br)cc21. The number of rotatable bonds is 2. The zero-order valence-corrected chi connectivity index (χ0v) is 10.6. The Morgan fingerprint density at radius 1 is 1.40 bits per heavy atom. The van der Waals surface area contributed by atoms with Gasteiger partial charge in [-0.2, -0.15) is 0 Å². The zero-order chi connectivity index (χ0) is 11.0. The predicted octanol–water partition coefficient (Wildman–Crippen LogP) is 3.44. The highest BCUT2D eigenvalue weighted by molar-refractivity contribution is 9.10. The van der Waals surface area contributed by atoms with Crippen molar-refractivity contribution in [1.29, 1.82) is 0 Å². The molecule has 0 aliphatic carbocycles. The Morgan fingerprint density at radius 3 is 2.73 bits per heavy atom. The van der Waals surface area contributed by atoms with Crippen LogP contribution in [0.5, 0.6) is 0 Å². The first-order valence-electron chi connectivity index (χ1n) is 5.17. The average Bonchev–Trinajstić information content (AvgIpc) is 2.55. The van der Waals surface area contributed by atoms with Crippen molar-refractivity contribution < 1.29 is 0 Å². The van der Waals surface area contributed by atoms with Gasteiger partial charge in [0.15, 0.2) is 0 Å². The van der Waals surface area contributed by atoms with E-state index in [1.54, 1.807) is 0 Å². The molecular formula is C12H15BrN2. The molecule has 1 unspecified atom stereocenters. The molecule has 2 rings (SSSR count). The van der Waals surface area contributed by atoms with Crippen LogP contribution >= 0.6 is 15.9 Å². The van der Waals surface area contributed by atoms with E-state index in [1.165, 1.54) is 16.6 Å².